The van der Waals surface area contributed by atoms with Crippen LogP contribution in [0.15, 0.2) is 24.3 Å². The molecule has 0 fully saturated rings. The first-order valence-corrected chi connectivity index (χ1v) is 5.69. The minimum atomic E-state index is -0.476. The van der Waals surface area contributed by atoms with Gasteiger partial charge in [0.25, 0.3) is 5.69 Å². The number of nitro benzene ring substituents is 1. The van der Waals surface area contributed by atoms with Crippen LogP contribution in [0.2, 0.25) is 0 Å². The molecule has 6 heteroatoms. The average molecular weight is 251 g/mol. The number of hydrogen-bond acceptors (Lipinski definition) is 4. The number of carbonyl (C=O) groups excluding carboxylic acids is 1. The first-order valence-electron chi connectivity index (χ1n) is 5.69. The summed E-state index contributed by atoms with van der Waals surface area (Å²) in [5.41, 5.74) is 6.14. The Kier molecular flexibility index (Phi) is 4.79. The van der Waals surface area contributed by atoms with Gasteiger partial charge in [-0.2, -0.15) is 0 Å². The van der Waals surface area contributed by atoms with Crippen LogP contribution in [0, 0.1) is 10.1 Å². The Morgan fingerprint density at radius 1 is 1.50 bits per heavy atom. The zero-order chi connectivity index (χ0) is 13.7. The molecule has 1 aromatic carbocycles. The summed E-state index contributed by atoms with van der Waals surface area (Å²) >= 11 is 0. The molecular formula is C12H17N3O3. The van der Waals surface area contributed by atoms with Gasteiger partial charge in [-0.3, -0.25) is 14.9 Å². The first kappa shape index (κ1) is 14.1. The van der Waals surface area contributed by atoms with Crippen LogP contribution in [-0.2, 0) is 4.79 Å². The Balaban J connectivity index is 2.77. The summed E-state index contributed by atoms with van der Waals surface area (Å²) in [6, 6.07) is 5.96. The Morgan fingerprint density at radius 3 is 2.72 bits per heavy atom. The number of nitrogens with zero attached hydrogens (tertiary/aromatic N) is 1. The van der Waals surface area contributed by atoms with Crippen molar-refractivity contribution in [3.05, 3.63) is 39.9 Å². The molecule has 0 saturated heterocycles. The number of amides is 1. The van der Waals surface area contributed by atoms with Crippen LogP contribution in [-0.4, -0.2) is 23.4 Å². The highest BCUT2D eigenvalue weighted by molar-refractivity contribution is 5.83. The molecule has 0 bridgehead atoms. The minimum Gasteiger partial charge on any atom is -0.354 e. The Hall–Kier alpha value is -1.95. The molecule has 6 nitrogen and oxygen atoms in total. The molecule has 0 aliphatic carbocycles. The molecule has 18 heavy (non-hydrogen) atoms. The van der Waals surface area contributed by atoms with Crippen LogP contribution in [0.4, 0.5) is 5.69 Å². The standard InChI is InChI=1S/C12H17N3O3/c1-8(13)7-14-12(16)9(2)10-4-3-5-11(6-10)15(17)18/h3-6,8-9H,7,13H2,1-2H3,(H,14,16). The lowest BCUT2D eigenvalue weighted by molar-refractivity contribution is -0.384. The zero-order valence-corrected chi connectivity index (χ0v) is 10.4. The van der Waals surface area contributed by atoms with E-state index in [2.05, 4.69) is 5.32 Å². The molecule has 0 aromatic heterocycles. The summed E-state index contributed by atoms with van der Waals surface area (Å²) in [6.45, 7) is 3.88. The van der Waals surface area contributed by atoms with Crippen molar-refractivity contribution in [2.24, 2.45) is 5.73 Å². The molecule has 1 amide bonds. The fourth-order valence-corrected chi connectivity index (χ4v) is 1.47. The summed E-state index contributed by atoms with van der Waals surface area (Å²) < 4.78 is 0. The van der Waals surface area contributed by atoms with Gasteiger partial charge in [0.05, 0.1) is 10.8 Å². The maximum Gasteiger partial charge on any atom is 0.269 e. The largest absolute Gasteiger partial charge is 0.354 e. The summed E-state index contributed by atoms with van der Waals surface area (Å²) in [5, 5.41) is 13.3. The third-order valence-corrected chi connectivity index (χ3v) is 2.57. The molecule has 0 aliphatic heterocycles. The van der Waals surface area contributed by atoms with Crippen LogP contribution in [0.1, 0.15) is 25.3 Å². The van der Waals surface area contributed by atoms with Crippen molar-refractivity contribution < 1.29 is 9.72 Å². The minimum absolute atomic E-state index is 0.0145. The van der Waals surface area contributed by atoms with Gasteiger partial charge in [-0.05, 0) is 19.4 Å². The lowest BCUT2D eigenvalue weighted by Crippen LogP contribution is -2.37. The molecule has 0 aliphatic rings. The number of non-ortho nitro benzene ring substituents is 1. The van der Waals surface area contributed by atoms with E-state index in [0.29, 0.717) is 12.1 Å². The molecule has 0 saturated carbocycles. The van der Waals surface area contributed by atoms with Crippen molar-refractivity contribution >= 4 is 11.6 Å². The van der Waals surface area contributed by atoms with Crippen LogP contribution in [0.25, 0.3) is 0 Å². The van der Waals surface area contributed by atoms with E-state index < -0.39 is 10.8 Å². The Bertz CT molecular complexity index is 446. The second kappa shape index (κ2) is 6.11. The van der Waals surface area contributed by atoms with E-state index in [4.69, 9.17) is 5.73 Å². The van der Waals surface area contributed by atoms with Crippen molar-refractivity contribution in [3.63, 3.8) is 0 Å². The molecule has 1 aromatic rings. The molecule has 0 spiro atoms. The van der Waals surface area contributed by atoms with Gasteiger partial charge in [0.2, 0.25) is 5.91 Å². The topological polar surface area (TPSA) is 98.3 Å². The SMILES string of the molecule is CC(N)CNC(=O)C(C)c1cccc([N+](=O)[O-])c1. The highest BCUT2D eigenvalue weighted by Crippen LogP contribution is 2.20. The number of hydrogen-bond donors (Lipinski definition) is 2. The van der Waals surface area contributed by atoms with E-state index >= 15 is 0 Å². The summed E-state index contributed by atoms with van der Waals surface area (Å²) in [4.78, 5) is 22.0. The van der Waals surface area contributed by atoms with Gasteiger partial charge in [-0.15, -0.1) is 0 Å². The third-order valence-electron chi connectivity index (χ3n) is 2.57. The van der Waals surface area contributed by atoms with E-state index in [1.165, 1.54) is 12.1 Å². The van der Waals surface area contributed by atoms with Gasteiger partial charge in [0.1, 0.15) is 0 Å². The van der Waals surface area contributed by atoms with Crippen molar-refractivity contribution in [1.82, 2.24) is 5.32 Å². The van der Waals surface area contributed by atoms with Gasteiger partial charge in [-0.25, -0.2) is 0 Å². The summed E-state index contributed by atoms with van der Waals surface area (Å²) in [6.07, 6.45) is 0. The molecule has 1 rings (SSSR count). The first-order chi connectivity index (χ1) is 8.41. The summed E-state index contributed by atoms with van der Waals surface area (Å²) in [7, 11) is 0. The molecule has 0 heterocycles. The second-order valence-electron chi connectivity index (χ2n) is 4.30. The number of nitro groups is 1. The van der Waals surface area contributed by atoms with Gasteiger partial charge in [0, 0.05) is 24.7 Å². The van der Waals surface area contributed by atoms with E-state index in [1.807, 2.05) is 0 Å². The van der Waals surface area contributed by atoms with E-state index in [9.17, 15) is 14.9 Å². The van der Waals surface area contributed by atoms with Crippen molar-refractivity contribution in [3.8, 4) is 0 Å². The molecule has 2 unspecified atom stereocenters. The predicted octanol–water partition coefficient (Wildman–Crippen LogP) is 1.16. The van der Waals surface area contributed by atoms with Gasteiger partial charge >= 0.3 is 0 Å². The number of rotatable bonds is 5. The smallest absolute Gasteiger partial charge is 0.269 e. The number of benzene rings is 1. The monoisotopic (exact) mass is 251 g/mol. The normalized spacial score (nSPS) is 13.7. The maximum atomic E-state index is 11.8. The van der Waals surface area contributed by atoms with E-state index in [0.717, 1.165) is 0 Å². The van der Waals surface area contributed by atoms with Crippen LogP contribution in [0.5, 0.6) is 0 Å². The molecule has 2 atom stereocenters. The maximum absolute atomic E-state index is 11.8. The third kappa shape index (κ3) is 3.81. The average Bonchev–Trinajstić information content (AvgIpc) is 2.35. The molecule has 98 valence electrons. The number of nitrogens with two attached hydrogens (primary N) is 1. The van der Waals surface area contributed by atoms with E-state index in [1.54, 1.807) is 26.0 Å². The number of nitrogens with one attached hydrogen (secondary N) is 1. The summed E-state index contributed by atoms with van der Waals surface area (Å²) in [5.74, 6) is -0.628. The molecular weight excluding hydrogens is 234 g/mol. The van der Waals surface area contributed by atoms with Gasteiger partial charge in [-0.1, -0.05) is 12.1 Å². The van der Waals surface area contributed by atoms with Gasteiger partial charge < -0.3 is 11.1 Å². The fraction of sp³-hybridized carbons (Fsp3) is 0.417. The lowest BCUT2D eigenvalue weighted by atomic mass is 10.00. The van der Waals surface area contributed by atoms with Crippen molar-refractivity contribution in [2.45, 2.75) is 25.8 Å². The number of carbonyl (C=O) groups is 1. The van der Waals surface area contributed by atoms with Crippen molar-refractivity contribution in [1.29, 1.82) is 0 Å². The lowest BCUT2D eigenvalue weighted by Gasteiger charge is -2.13. The van der Waals surface area contributed by atoms with Crippen LogP contribution < -0.4 is 11.1 Å². The zero-order valence-electron chi connectivity index (χ0n) is 10.4. The Labute approximate surface area is 105 Å². The molecule has 0 radical (unpaired) electrons. The van der Waals surface area contributed by atoms with Crippen LogP contribution >= 0.6 is 0 Å². The highest BCUT2D eigenvalue weighted by atomic mass is 16.6. The Morgan fingerprint density at radius 2 is 2.17 bits per heavy atom. The van der Waals surface area contributed by atoms with E-state index in [-0.39, 0.29) is 17.6 Å². The predicted molar refractivity (Wildman–Crippen MR) is 68.2 cm³/mol. The molecule has 3 N–H and O–H groups in total. The fourth-order valence-electron chi connectivity index (χ4n) is 1.47. The highest BCUT2D eigenvalue weighted by Gasteiger charge is 2.17. The quantitative estimate of drug-likeness (QED) is 0.606. The van der Waals surface area contributed by atoms with Gasteiger partial charge in [0.15, 0.2) is 0 Å². The van der Waals surface area contributed by atoms with Crippen molar-refractivity contribution in [2.75, 3.05) is 6.54 Å². The van der Waals surface area contributed by atoms with Crippen LogP contribution in [0.3, 0.4) is 0 Å². The second-order valence-corrected chi connectivity index (χ2v) is 4.30.